The lowest BCUT2D eigenvalue weighted by Crippen LogP contribution is -2.43. The molecule has 1 atom stereocenters. The molecule has 0 aliphatic carbocycles. The number of nitrogens with zero attached hydrogens (tertiary/aromatic N) is 1. The molecule has 120 valence electrons. The van der Waals surface area contributed by atoms with Crippen molar-refractivity contribution >= 4 is 22.6 Å². The highest BCUT2D eigenvalue weighted by molar-refractivity contribution is 6.09. The fourth-order valence-electron chi connectivity index (χ4n) is 3.22. The molecule has 0 bridgehead atoms. The van der Waals surface area contributed by atoms with Crippen molar-refractivity contribution in [1.82, 2.24) is 4.90 Å². The van der Waals surface area contributed by atoms with Crippen LogP contribution < -0.4 is 4.74 Å². The Hall–Kier alpha value is -2.36. The number of ether oxygens (including phenoxy) is 1. The first-order valence-corrected chi connectivity index (χ1v) is 8.09. The summed E-state index contributed by atoms with van der Waals surface area (Å²) in [6, 6.07) is 11.4. The van der Waals surface area contributed by atoms with Gasteiger partial charge in [-0.05, 0) is 49.9 Å². The van der Waals surface area contributed by atoms with Crippen LogP contribution in [0.4, 0.5) is 4.79 Å². The van der Waals surface area contributed by atoms with Crippen LogP contribution in [0.15, 0.2) is 36.4 Å². The zero-order valence-corrected chi connectivity index (χ0v) is 13.5. The van der Waals surface area contributed by atoms with Crippen molar-refractivity contribution in [3.63, 3.8) is 0 Å². The summed E-state index contributed by atoms with van der Waals surface area (Å²) in [6.07, 6.45) is 2.76. The molecular formula is C19H21NO3. The molecular weight excluding hydrogens is 290 g/mol. The minimum Gasteiger partial charge on any atom is -0.409 e. The zero-order chi connectivity index (χ0) is 16.4. The lowest BCUT2D eigenvalue weighted by atomic mass is 10.0. The number of hydrogen-bond acceptors (Lipinski definition) is 3. The number of fused-ring (bicyclic) bond motifs is 1. The first-order chi connectivity index (χ1) is 11.1. The maximum atomic E-state index is 12.5. The maximum absolute atomic E-state index is 12.5. The third kappa shape index (κ3) is 3.07. The Morgan fingerprint density at radius 2 is 1.91 bits per heavy atom. The molecule has 1 heterocycles. The van der Waals surface area contributed by atoms with Crippen LogP contribution in [0.1, 0.15) is 43.5 Å². The Balaban J connectivity index is 1.95. The van der Waals surface area contributed by atoms with Gasteiger partial charge >= 0.3 is 6.09 Å². The molecule has 23 heavy (non-hydrogen) atoms. The number of hydrogen-bond donors (Lipinski definition) is 0. The number of likely N-dealkylation sites (tertiary alicyclic amines) is 1. The van der Waals surface area contributed by atoms with Crippen molar-refractivity contribution in [3.8, 4) is 5.75 Å². The van der Waals surface area contributed by atoms with E-state index in [2.05, 4.69) is 0 Å². The topological polar surface area (TPSA) is 46.6 Å². The van der Waals surface area contributed by atoms with Crippen molar-refractivity contribution in [1.29, 1.82) is 0 Å². The minimum absolute atomic E-state index is 0.101. The van der Waals surface area contributed by atoms with Gasteiger partial charge in [-0.3, -0.25) is 4.79 Å². The minimum atomic E-state index is -0.366. The summed E-state index contributed by atoms with van der Waals surface area (Å²) in [7, 11) is 0. The van der Waals surface area contributed by atoms with Gasteiger partial charge in [-0.2, -0.15) is 0 Å². The van der Waals surface area contributed by atoms with Gasteiger partial charge in [0.2, 0.25) is 0 Å². The van der Waals surface area contributed by atoms with Crippen LogP contribution in [0.5, 0.6) is 5.75 Å². The molecule has 0 N–H and O–H groups in total. The van der Waals surface area contributed by atoms with E-state index in [1.165, 1.54) is 6.92 Å². The molecule has 0 aromatic heterocycles. The zero-order valence-electron chi connectivity index (χ0n) is 13.5. The molecule has 2 aromatic rings. The first kappa shape index (κ1) is 15.5. The third-order valence-corrected chi connectivity index (χ3v) is 4.48. The molecule has 1 aliphatic heterocycles. The molecule has 0 radical (unpaired) electrons. The van der Waals surface area contributed by atoms with Gasteiger partial charge in [0.1, 0.15) is 5.75 Å². The van der Waals surface area contributed by atoms with E-state index in [1.807, 2.05) is 37.3 Å². The molecule has 2 aromatic carbocycles. The lowest BCUT2D eigenvalue weighted by Gasteiger charge is -2.32. The van der Waals surface area contributed by atoms with E-state index in [0.29, 0.717) is 17.9 Å². The van der Waals surface area contributed by atoms with Gasteiger partial charge < -0.3 is 9.64 Å². The van der Waals surface area contributed by atoms with Crippen LogP contribution in [-0.2, 0) is 0 Å². The number of benzene rings is 2. The summed E-state index contributed by atoms with van der Waals surface area (Å²) >= 11 is 0. The first-order valence-electron chi connectivity index (χ1n) is 8.09. The van der Waals surface area contributed by atoms with Gasteiger partial charge in [-0.25, -0.2) is 4.79 Å². The lowest BCUT2D eigenvalue weighted by molar-refractivity contribution is 0.101. The third-order valence-electron chi connectivity index (χ3n) is 4.48. The number of amides is 1. The molecule has 0 spiro atoms. The quantitative estimate of drug-likeness (QED) is 0.771. The van der Waals surface area contributed by atoms with Gasteiger partial charge in [0.15, 0.2) is 5.78 Å². The van der Waals surface area contributed by atoms with E-state index < -0.39 is 0 Å². The second-order valence-electron chi connectivity index (χ2n) is 6.12. The predicted molar refractivity (Wildman–Crippen MR) is 90.0 cm³/mol. The largest absolute Gasteiger partial charge is 0.415 e. The fraction of sp³-hybridized carbons (Fsp3) is 0.368. The molecule has 1 unspecified atom stereocenters. The van der Waals surface area contributed by atoms with E-state index in [1.54, 1.807) is 11.0 Å². The fourth-order valence-corrected chi connectivity index (χ4v) is 3.22. The number of Topliss-reactive ketones (excluding diaryl/α,β-unsaturated/α-hetero) is 1. The van der Waals surface area contributed by atoms with Gasteiger partial charge in [-0.15, -0.1) is 0 Å². The summed E-state index contributed by atoms with van der Waals surface area (Å²) < 4.78 is 5.59. The Kier molecular flexibility index (Phi) is 4.33. The van der Waals surface area contributed by atoms with Crippen molar-refractivity contribution in [2.45, 2.75) is 39.2 Å². The van der Waals surface area contributed by atoms with Crippen molar-refractivity contribution in [2.75, 3.05) is 6.54 Å². The predicted octanol–water partition coefficient (Wildman–Crippen LogP) is 4.42. The average Bonchev–Trinajstić information content (AvgIpc) is 2.54. The Morgan fingerprint density at radius 3 is 2.65 bits per heavy atom. The highest BCUT2D eigenvalue weighted by Gasteiger charge is 2.26. The van der Waals surface area contributed by atoms with E-state index in [4.69, 9.17) is 4.74 Å². The standard InChI is InChI=1S/C19H21NO3/c1-13-7-5-6-12-20(13)19(22)23-17-11-10-15-8-3-4-9-16(15)18(17)14(2)21/h3-4,8-11,13H,5-7,12H2,1-2H3. The van der Waals surface area contributed by atoms with Crippen molar-refractivity contribution in [2.24, 2.45) is 0 Å². The molecule has 1 saturated heterocycles. The van der Waals surface area contributed by atoms with Crippen molar-refractivity contribution < 1.29 is 14.3 Å². The molecule has 1 aliphatic rings. The van der Waals surface area contributed by atoms with Gasteiger partial charge in [0.25, 0.3) is 0 Å². The smallest absolute Gasteiger partial charge is 0.409 e. The van der Waals surface area contributed by atoms with Gasteiger partial charge in [-0.1, -0.05) is 30.3 Å². The molecule has 1 amide bonds. The number of carbonyl (C=O) groups is 2. The summed E-state index contributed by atoms with van der Waals surface area (Å²) in [5.74, 6) is 0.246. The van der Waals surface area contributed by atoms with E-state index in [-0.39, 0.29) is 17.9 Å². The number of rotatable bonds is 2. The van der Waals surface area contributed by atoms with Crippen molar-refractivity contribution in [3.05, 3.63) is 42.0 Å². The number of carbonyl (C=O) groups excluding carboxylic acids is 2. The summed E-state index contributed by atoms with van der Waals surface area (Å²) in [4.78, 5) is 26.3. The summed E-state index contributed by atoms with van der Waals surface area (Å²) in [5.41, 5.74) is 0.473. The SMILES string of the molecule is CC(=O)c1c(OC(=O)N2CCCCC2C)ccc2ccccc12. The van der Waals surface area contributed by atoms with E-state index in [9.17, 15) is 9.59 Å². The highest BCUT2D eigenvalue weighted by Crippen LogP contribution is 2.29. The summed E-state index contributed by atoms with van der Waals surface area (Å²) in [5, 5.41) is 1.78. The maximum Gasteiger partial charge on any atom is 0.415 e. The molecule has 1 fully saturated rings. The Bertz CT molecular complexity index is 753. The van der Waals surface area contributed by atoms with Crippen LogP contribution in [0.25, 0.3) is 10.8 Å². The average molecular weight is 311 g/mol. The molecule has 0 saturated carbocycles. The van der Waals surface area contributed by atoms with E-state index in [0.717, 1.165) is 30.0 Å². The molecule has 3 rings (SSSR count). The Morgan fingerprint density at radius 1 is 1.13 bits per heavy atom. The Labute approximate surface area is 136 Å². The van der Waals surface area contributed by atoms with Crippen LogP contribution in [0.2, 0.25) is 0 Å². The summed E-state index contributed by atoms with van der Waals surface area (Å²) in [6.45, 7) is 4.25. The number of piperidine rings is 1. The van der Waals surface area contributed by atoms with Crippen LogP contribution >= 0.6 is 0 Å². The molecule has 4 heteroatoms. The van der Waals surface area contributed by atoms with Crippen LogP contribution in [0.3, 0.4) is 0 Å². The van der Waals surface area contributed by atoms with Crippen LogP contribution in [0, 0.1) is 0 Å². The molecule has 4 nitrogen and oxygen atoms in total. The van der Waals surface area contributed by atoms with Gasteiger partial charge in [0.05, 0.1) is 5.56 Å². The normalized spacial score (nSPS) is 18.0. The highest BCUT2D eigenvalue weighted by atomic mass is 16.6. The van der Waals surface area contributed by atoms with Gasteiger partial charge in [0, 0.05) is 12.6 Å². The number of ketones is 1. The second-order valence-corrected chi connectivity index (χ2v) is 6.12. The second kappa shape index (κ2) is 6.41. The van der Waals surface area contributed by atoms with Crippen LogP contribution in [-0.4, -0.2) is 29.4 Å². The monoisotopic (exact) mass is 311 g/mol. The van der Waals surface area contributed by atoms with E-state index >= 15 is 0 Å².